The molecule has 0 heterocycles. The average molecular weight is 209 g/mol. The molecule has 15 heavy (non-hydrogen) atoms. The van der Waals surface area contributed by atoms with Crippen LogP contribution in [0.15, 0.2) is 17.1 Å². The van der Waals surface area contributed by atoms with Crippen molar-refractivity contribution in [3.05, 3.63) is 17.7 Å². The summed E-state index contributed by atoms with van der Waals surface area (Å²) in [5.74, 6) is 1.28. The minimum Gasteiger partial charge on any atom is -0.493 e. The van der Waals surface area contributed by atoms with Crippen LogP contribution in [0.5, 0.6) is 11.5 Å². The first-order valence-corrected chi connectivity index (χ1v) is 4.40. The zero-order valence-corrected chi connectivity index (χ0v) is 9.07. The number of methoxy groups -OCH3 is 2. The fraction of sp³-hybridized carbons (Fsp3) is 0.300. The molecule has 0 aliphatic rings. The summed E-state index contributed by atoms with van der Waals surface area (Å²) in [5.41, 5.74) is 12.2. The number of aliphatic imine (C=N–C) groups is 1. The number of benzene rings is 1. The lowest BCUT2D eigenvalue weighted by atomic mass is 10.2. The van der Waals surface area contributed by atoms with Crippen LogP contribution in [0.25, 0.3) is 0 Å². The molecule has 0 aromatic heterocycles. The molecular formula is C10H15N3O2. The highest BCUT2D eigenvalue weighted by molar-refractivity contribution is 5.80. The molecule has 82 valence electrons. The second-order valence-electron chi connectivity index (χ2n) is 3.03. The zero-order chi connectivity index (χ0) is 11.4. The molecule has 0 saturated carbocycles. The number of rotatable bonds is 3. The van der Waals surface area contributed by atoms with Crippen LogP contribution in [-0.2, 0) is 0 Å². The van der Waals surface area contributed by atoms with E-state index < -0.39 is 0 Å². The molecule has 5 nitrogen and oxygen atoms in total. The van der Waals surface area contributed by atoms with Crippen molar-refractivity contribution in [1.82, 2.24) is 0 Å². The number of guanidine groups is 1. The van der Waals surface area contributed by atoms with Gasteiger partial charge in [0.05, 0.1) is 19.9 Å². The van der Waals surface area contributed by atoms with Gasteiger partial charge >= 0.3 is 0 Å². The summed E-state index contributed by atoms with van der Waals surface area (Å²) in [6.07, 6.45) is 0. The molecule has 0 aliphatic heterocycles. The number of ether oxygens (including phenoxy) is 2. The minimum absolute atomic E-state index is 0.0188. The molecule has 0 unspecified atom stereocenters. The summed E-state index contributed by atoms with van der Waals surface area (Å²) in [7, 11) is 3.14. The van der Waals surface area contributed by atoms with E-state index in [9.17, 15) is 0 Å². The molecule has 0 spiro atoms. The maximum atomic E-state index is 5.31. The minimum atomic E-state index is 0.0188. The monoisotopic (exact) mass is 209 g/mol. The Morgan fingerprint density at radius 2 is 1.67 bits per heavy atom. The van der Waals surface area contributed by atoms with Gasteiger partial charge in [0.25, 0.3) is 0 Å². The third-order valence-electron chi connectivity index (χ3n) is 1.95. The first kappa shape index (κ1) is 11.2. The third-order valence-corrected chi connectivity index (χ3v) is 1.95. The first-order chi connectivity index (χ1) is 7.08. The topological polar surface area (TPSA) is 82.9 Å². The fourth-order valence-electron chi connectivity index (χ4n) is 1.23. The van der Waals surface area contributed by atoms with Gasteiger partial charge in [-0.3, -0.25) is 0 Å². The molecule has 0 bridgehead atoms. The summed E-state index contributed by atoms with van der Waals surface area (Å²) >= 11 is 0. The maximum absolute atomic E-state index is 5.31. The Kier molecular flexibility index (Phi) is 3.38. The highest BCUT2D eigenvalue weighted by Gasteiger charge is 2.07. The van der Waals surface area contributed by atoms with Gasteiger partial charge in [0.2, 0.25) is 0 Å². The van der Waals surface area contributed by atoms with Crippen molar-refractivity contribution in [1.29, 1.82) is 0 Å². The molecule has 4 N–H and O–H groups in total. The van der Waals surface area contributed by atoms with E-state index in [2.05, 4.69) is 4.99 Å². The Morgan fingerprint density at radius 3 is 2.13 bits per heavy atom. The van der Waals surface area contributed by atoms with Gasteiger partial charge in [0.1, 0.15) is 0 Å². The van der Waals surface area contributed by atoms with Crippen LogP contribution < -0.4 is 20.9 Å². The van der Waals surface area contributed by atoms with Gasteiger partial charge in [-0.25, -0.2) is 4.99 Å². The van der Waals surface area contributed by atoms with Gasteiger partial charge in [-0.15, -0.1) is 0 Å². The van der Waals surface area contributed by atoms with Gasteiger partial charge in [-0.1, -0.05) is 0 Å². The van der Waals surface area contributed by atoms with Crippen molar-refractivity contribution in [3.63, 3.8) is 0 Å². The first-order valence-electron chi connectivity index (χ1n) is 4.40. The van der Waals surface area contributed by atoms with Gasteiger partial charge in [0.15, 0.2) is 17.5 Å². The van der Waals surface area contributed by atoms with Gasteiger partial charge in [0, 0.05) is 6.07 Å². The van der Waals surface area contributed by atoms with E-state index in [0.29, 0.717) is 17.2 Å². The molecule has 0 atom stereocenters. The lowest BCUT2D eigenvalue weighted by Gasteiger charge is -2.10. The van der Waals surface area contributed by atoms with Crippen LogP contribution >= 0.6 is 0 Å². The summed E-state index contributed by atoms with van der Waals surface area (Å²) in [4.78, 5) is 3.98. The Balaban J connectivity index is 3.26. The number of nitrogens with zero attached hydrogens (tertiary/aromatic N) is 1. The third kappa shape index (κ3) is 2.52. The number of aryl methyl sites for hydroxylation is 1. The van der Waals surface area contributed by atoms with Gasteiger partial charge < -0.3 is 20.9 Å². The molecular weight excluding hydrogens is 194 g/mol. The Morgan fingerprint density at radius 1 is 1.13 bits per heavy atom. The van der Waals surface area contributed by atoms with Gasteiger partial charge in [-0.05, 0) is 18.6 Å². The maximum Gasteiger partial charge on any atom is 0.191 e. The van der Waals surface area contributed by atoms with Gasteiger partial charge in [-0.2, -0.15) is 0 Å². The molecule has 0 fully saturated rings. The van der Waals surface area contributed by atoms with E-state index in [1.165, 1.54) is 0 Å². The van der Waals surface area contributed by atoms with Crippen molar-refractivity contribution >= 4 is 11.6 Å². The summed E-state index contributed by atoms with van der Waals surface area (Å²) in [5, 5.41) is 0. The standard InChI is InChI=1S/C10H15N3O2/c1-6-4-8(14-2)9(15-3)5-7(6)13-10(11)12/h4-5H,1-3H3,(H4,11,12,13). The second kappa shape index (κ2) is 4.54. The van der Waals surface area contributed by atoms with Crippen LogP contribution in [-0.4, -0.2) is 20.2 Å². The van der Waals surface area contributed by atoms with Crippen molar-refractivity contribution in [2.75, 3.05) is 14.2 Å². The van der Waals surface area contributed by atoms with Crippen LogP contribution in [0, 0.1) is 6.92 Å². The van der Waals surface area contributed by atoms with Crippen molar-refractivity contribution in [2.24, 2.45) is 16.5 Å². The summed E-state index contributed by atoms with van der Waals surface area (Å²) < 4.78 is 10.3. The predicted molar refractivity (Wildman–Crippen MR) is 59.8 cm³/mol. The molecule has 0 amide bonds. The fourth-order valence-corrected chi connectivity index (χ4v) is 1.23. The number of hydrogen-bond donors (Lipinski definition) is 2. The zero-order valence-electron chi connectivity index (χ0n) is 9.07. The summed E-state index contributed by atoms with van der Waals surface area (Å²) in [6, 6.07) is 3.55. The van der Waals surface area contributed by atoms with Crippen LogP contribution in [0.4, 0.5) is 5.69 Å². The summed E-state index contributed by atoms with van der Waals surface area (Å²) in [6.45, 7) is 1.89. The molecule has 1 rings (SSSR count). The van der Waals surface area contributed by atoms with E-state index in [0.717, 1.165) is 5.56 Å². The molecule has 0 aliphatic carbocycles. The Bertz CT molecular complexity index is 384. The molecule has 5 heteroatoms. The largest absolute Gasteiger partial charge is 0.493 e. The number of hydrogen-bond acceptors (Lipinski definition) is 3. The van der Waals surface area contributed by atoms with Crippen LogP contribution in [0.2, 0.25) is 0 Å². The normalized spacial score (nSPS) is 9.53. The molecule has 0 saturated heterocycles. The van der Waals surface area contributed by atoms with Crippen molar-refractivity contribution < 1.29 is 9.47 Å². The van der Waals surface area contributed by atoms with E-state index in [1.807, 2.05) is 13.0 Å². The van der Waals surface area contributed by atoms with E-state index in [4.69, 9.17) is 20.9 Å². The van der Waals surface area contributed by atoms with Crippen LogP contribution in [0.3, 0.4) is 0 Å². The lowest BCUT2D eigenvalue weighted by molar-refractivity contribution is 0.355. The van der Waals surface area contributed by atoms with Crippen molar-refractivity contribution in [2.45, 2.75) is 6.92 Å². The Labute approximate surface area is 88.7 Å². The number of nitrogens with two attached hydrogens (primary N) is 2. The molecule has 1 aromatic carbocycles. The average Bonchev–Trinajstić information content (AvgIpc) is 2.19. The Hall–Kier alpha value is -1.91. The predicted octanol–water partition coefficient (Wildman–Crippen LogP) is 0.917. The van der Waals surface area contributed by atoms with E-state index >= 15 is 0 Å². The lowest BCUT2D eigenvalue weighted by Crippen LogP contribution is -2.22. The van der Waals surface area contributed by atoms with Crippen LogP contribution in [0.1, 0.15) is 5.56 Å². The molecule has 0 radical (unpaired) electrons. The highest BCUT2D eigenvalue weighted by atomic mass is 16.5. The smallest absolute Gasteiger partial charge is 0.191 e. The quantitative estimate of drug-likeness (QED) is 0.572. The molecule has 1 aromatic rings. The van der Waals surface area contributed by atoms with E-state index in [1.54, 1.807) is 20.3 Å². The highest BCUT2D eigenvalue weighted by Crippen LogP contribution is 2.34. The van der Waals surface area contributed by atoms with Crippen molar-refractivity contribution in [3.8, 4) is 11.5 Å². The SMILES string of the molecule is COc1cc(C)c(N=C(N)N)cc1OC. The second-order valence-corrected chi connectivity index (χ2v) is 3.03. The van der Waals surface area contributed by atoms with E-state index in [-0.39, 0.29) is 5.96 Å².